The Morgan fingerprint density at radius 1 is 1.04 bits per heavy atom. The highest BCUT2D eigenvalue weighted by molar-refractivity contribution is 6.31. The Morgan fingerprint density at radius 2 is 1.71 bits per heavy atom. The fraction of sp³-hybridized carbons (Fsp3) is 0.350. The van der Waals surface area contributed by atoms with Gasteiger partial charge in [0.25, 0.3) is 0 Å². The molecule has 2 rings (SSSR count). The van der Waals surface area contributed by atoms with Gasteiger partial charge in [0, 0.05) is 5.02 Å². The van der Waals surface area contributed by atoms with Crippen molar-refractivity contribution in [3.63, 3.8) is 0 Å². The third-order valence-electron chi connectivity index (χ3n) is 4.28. The fourth-order valence-electron chi connectivity index (χ4n) is 2.75. The minimum atomic E-state index is -1.74. The lowest BCUT2D eigenvalue weighted by molar-refractivity contribution is -0.0895. The van der Waals surface area contributed by atoms with Gasteiger partial charge < -0.3 is 30.4 Å². The Balaban J connectivity index is 2.17. The van der Waals surface area contributed by atoms with E-state index in [-0.39, 0.29) is 0 Å². The Bertz CT molecular complexity index is 783. The van der Waals surface area contributed by atoms with Gasteiger partial charge in [-0.1, -0.05) is 41.0 Å². The second-order valence-electron chi connectivity index (χ2n) is 6.29. The van der Waals surface area contributed by atoms with Crippen molar-refractivity contribution >= 4 is 17.8 Å². The molecule has 0 radical (unpaired) electrons. The molecule has 0 unspecified atom stereocenters. The lowest BCUT2D eigenvalue weighted by Gasteiger charge is -2.25. The van der Waals surface area contributed by atoms with E-state index >= 15 is 0 Å². The maximum Gasteiger partial charge on any atom is 0.121 e. The minimum absolute atomic E-state index is 0.324. The maximum absolute atomic E-state index is 10.4. The summed E-state index contributed by atoms with van der Waals surface area (Å²) in [6.07, 6.45) is -5.41. The average molecular weight is 410 g/mol. The summed E-state index contributed by atoms with van der Waals surface area (Å²) < 4.78 is 5.41. The molecule has 0 aromatic heterocycles. The quantitative estimate of drug-likeness (QED) is 0.245. The predicted octanol–water partition coefficient (Wildman–Crippen LogP) is 1.91. The molecule has 28 heavy (non-hydrogen) atoms. The summed E-state index contributed by atoms with van der Waals surface area (Å²) >= 11 is 6.26. The number of aliphatic hydroxyl groups is 4. The number of hydrogen-bond acceptors (Lipinski definition) is 7. The molecule has 7 nitrogen and oxygen atoms in total. The molecule has 0 aliphatic heterocycles. The van der Waals surface area contributed by atoms with Gasteiger partial charge in [0.1, 0.15) is 30.2 Å². The Morgan fingerprint density at radius 3 is 2.32 bits per heavy atom. The summed E-state index contributed by atoms with van der Waals surface area (Å²) in [5, 5.41) is 51.4. The molecule has 0 spiro atoms. The van der Waals surface area contributed by atoms with Crippen molar-refractivity contribution < 1.29 is 30.4 Å². The van der Waals surface area contributed by atoms with Gasteiger partial charge in [0.2, 0.25) is 0 Å². The van der Waals surface area contributed by atoms with Crippen molar-refractivity contribution in [3.8, 4) is 5.75 Å². The lowest BCUT2D eigenvalue weighted by atomic mass is 9.95. The Hall–Kier alpha value is -2.16. The molecule has 152 valence electrons. The molecule has 4 atom stereocenters. The first kappa shape index (κ1) is 22.1. The van der Waals surface area contributed by atoms with E-state index in [0.29, 0.717) is 29.8 Å². The van der Waals surface area contributed by atoms with Gasteiger partial charge in [-0.3, -0.25) is 0 Å². The highest BCUT2D eigenvalue weighted by atomic mass is 35.5. The first-order chi connectivity index (χ1) is 13.4. The van der Waals surface area contributed by atoms with Gasteiger partial charge in [0.15, 0.2) is 0 Å². The first-order valence-electron chi connectivity index (χ1n) is 8.77. The normalized spacial score (nSPS) is 15.9. The first-order valence-corrected chi connectivity index (χ1v) is 9.15. The largest absolute Gasteiger partial charge is 0.494 e. The van der Waals surface area contributed by atoms with Crippen LogP contribution in [0.5, 0.6) is 5.75 Å². The second kappa shape index (κ2) is 10.4. The standard InChI is InChI=1S/C20H24ClNO6/c1-2-28-15-6-3-12(4-7-15)9-14-10-13(5-8-16(14)21)18(24)20(26)19(25)17(23)11-22-27/h3-8,10-11,17-20,23-27H,2,9H2,1H3/b22-11+/t17-,18+,19+,20+/m1/s1. The SMILES string of the molecule is CCOc1ccc(Cc2cc([C@H](O)[C@H](O)[C@@H](O)[C@H](O)/C=N/O)ccc2Cl)cc1. The summed E-state index contributed by atoms with van der Waals surface area (Å²) in [7, 11) is 0. The molecule has 8 heteroatoms. The summed E-state index contributed by atoms with van der Waals surface area (Å²) in [6.45, 7) is 2.49. The van der Waals surface area contributed by atoms with E-state index < -0.39 is 24.4 Å². The number of aliphatic hydroxyl groups excluding tert-OH is 4. The maximum atomic E-state index is 10.4. The van der Waals surface area contributed by atoms with Crippen LogP contribution in [0.25, 0.3) is 0 Å². The smallest absolute Gasteiger partial charge is 0.121 e. The van der Waals surface area contributed by atoms with E-state index in [1.54, 1.807) is 12.1 Å². The van der Waals surface area contributed by atoms with Crippen molar-refractivity contribution in [2.24, 2.45) is 5.16 Å². The van der Waals surface area contributed by atoms with E-state index in [2.05, 4.69) is 5.16 Å². The summed E-state index contributed by atoms with van der Waals surface area (Å²) in [5.74, 6) is 0.767. The van der Waals surface area contributed by atoms with Gasteiger partial charge in [-0.05, 0) is 48.2 Å². The highest BCUT2D eigenvalue weighted by Crippen LogP contribution is 2.27. The van der Waals surface area contributed by atoms with Gasteiger partial charge in [-0.25, -0.2) is 0 Å². The Kier molecular flexibility index (Phi) is 8.22. The summed E-state index contributed by atoms with van der Waals surface area (Å²) in [6, 6.07) is 12.3. The topological polar surface area (TPSA) is 123 Å². The molecule has 0 aliphatic rings. The third kappa shape index (κ3) is 5.67. The molecular formula is C20H24ClNO6. The monoisotopic (exact) mass is 409 g/mol. The lowest BCUT2D eigenvalue weighted by Crippen LogP contribution is -2.41. The van der Waals surface area contributed by atoms with Gasteiger partial charge >= 0.3 is 0 Å². The van der Waals surface area contributed by atoms with E-state index in [1.165, 1.54) is 6.07 Å². The predicted molar refractivity (Wildman–Crippen MR) is 105 cm³/mol. The van der Waals surface area contributed by atoms with Gasteiger partial charge in [0.05, 0.1) is 12.8 Å². The van der Waals surface area contributed by atoms with Crippen molar-refractivity contribution in [1.82, 2.24) is 0 Å². The number of ether oxygens (including phenoxy) is 1. The zero-order chi connectivity index (χ0) is 20.7. The van der Waals surface area contributed by atoms with Crippen LogP contribution in [0.15, 0.2) is 47.6 Å². The van der Waals surface area contributed by atoms with Crippen molar-refractivity contribution in [2.45, 2.75) is 37.8 Å². The van der Waals surface area contributed by atoms with Crippen LogP contribution in [0, 0.1) is 0 Å². The molecule has 2 aromatic carbocycles. The van der Waals surface area contributed by atoms with E-state index in [9.17, 15) is 20.4 Å². The van der Waals surface area contributed by atoms with Crippen LogP contribution in [0.3, 0.4) is 0 Å². The highest BCUT2D eigenvalue weighted by Gasteiger charge is 2.31. The zero-order valence-electron chi connectivity index (χ0n) is 15.3. The van der Waals surface area contributed by atoms with Crippen LogP contribution in [-0.2, 0) is 6.42 Å². The van der Waals surface area contributed by atoms with Crippen LogP contribution < -0.4 is 4.74 Å². The van der Waals surface area contributed by atoms with Crippen LogP contribution in [0.1, 0.15) is 29.7 Å². The zero-order valence-corrected chi connectivity index (χ0v) is 16.1. The molecule has 0 fully saturated rings. The second-order valence-corrected chi connectivity index (χ2v) is 6.69. The van der Waals surface area contributed by atoms with Gasteiger partial charge in [-0.2, -0.15) is 0 Å². The van der Waals surface area contributed by atoms with Crippen LogP contribution in [0.2, 0.25) is 5.02 Å². The van der Waals surface area contributed by atoms with Crippen LogP contribution >= 0.6 is 11.6 Å². The molecule has 0 aliphatic carbocycles. The minimum Gasteiger partial charge on any atom is -0.494 e. The molecule has 0 saturated carbocycles. The number of hydrogen-bond donors (Lipinski definition) is 5. The number of oxime groups is 1. The van der Waals surface area contributed by atoms with Crippen molar-refractivity contribution in [2.75, 3.05) is 6.61 Å². The van der Waals surface area contributed by atoms with Crippen LogP contribution in [-0.4, -0.2) is 56.8 Å². The average Bonchev–Trinajstić information content (AvgIpc) is 2.69. The molecule has 0 amide bonds. The molecule has 0 heterocycles. The number of rotatable bonds is 9. The molecular weight excluding hydrogens is 386 g/mol. The fourth-order valence-corrected chi connectivity index (χ4v) is 2.93. The number of halogens is 1. The summed E-state index contributed by atoms with van der Waals surface area (Å²) in [5.41, 5.74) is 2.03. The Labute approximate surface area is 168 Å². The molecule has 2 aromatic rings. The van der Waals surface area contributed by atoms with Crippen LogP contribution in [0.4, 0.5) is 0 Å². The summed E-state index contributed by atoms with van der Waals surface area (Å²) in [4.78, 5) is 0. The molecule has 0 saturated heterocycles. The van der Waals surface area contributed by atoms with Gasteiger partial charge in [-0.15, -0.1) is 0 Å². The van der Waals surface area contributed by atoms with E-state index in [1.807, 2.05) is 31.2 Å². The van der Waals surface area contributed by atoms with E-state index in [0.717, 1.165) is 16.9 Å². The molecule has 0 bridgehead atoms. The van der Waals surface area contributed by atoms with E-state index in [4.69, 9.17) is 21.5 Å². The molecule has 5 N–H and O–H groups in total. The number of nitrogens with zero attached hydrogens (tertiary/aromatic N) is 1. The van der Waals surface area contributed by atoms with Crippen molar-refractivity contribution in [1.29, 1.82) is 0 Å². The number of benzene rings is 2. The van der Waals surface area contributed by atoms with Crippen molar-refractivity contribution in [3.05, 3.63) is 64.2 Å². The third-order valence-corrected chi connectivity index (χ3v) is 4.65.